The molecule has 0 unspecified atom stereocenters. The molecule has 0 aliphatic rings. The summed E-state index contributed by atoms with van der Waals surface area (Å²) in [5.41, 5.74) is 6.50. The third-order valence-corrected chi connectivity index (χ3v) is 2.06. The van der Waals surface area contributed by atoms with E-state index in [4.69, 9.17) is 17.3 Å². The predicted octanol–water partition coefficient (Wildman–Crippen LogP) is 1.56. The number of rotatable bonds is 2. The number of aromatic nitrogens is 3. The van der Waals surface area contributed by atoms with Gasteiger partial charge in [0.05, 0.1) is 6.54 Å². The van der Waals surface area contributed by atoms with Gasteiger partial charge in [-0.3, -0.25) is 0 Å². The maximum absolute atomic E-state index is 5.76. The van der Waals surface area contributed by atoms with Gasteiger partial charge >= 0.3 is 0 Å². The molecule has 2 aromatic rings. The Morgan fingerprint density at radius 3 is 2.57 bits per heavy atom. The molecular weight excluding hydrogens is 200 g/mol. The third-order valence-electron chi connectivity index (χ3n) is 1.81. The van der Waals surface area contributed by atoms with Crippen molar-refractivity contribution in [2.75, 3.05) is 5.73 Å². The normalized spacial score (nSPS) is 10.4. The van der Waals surface area contributed by atoms with E-state index < -0.39 is 0 Å². The molecule has 0 spiro atoms. The van der Waals surface area contributed by atoms with Crippen LogP contribution in [0.2, 0.25) is 5.02 Å². The van der Waals surface area contributed by atoms with Gasteiger partial charge in [0.2, 0.25) is 5.95 Å². The van der Waals surface area contributed by atoms with Crippen molar-refractivity contribution in [3.63, 3.8) is 0 Å². The molecule has 1 aromatic carbocycles. The van der Waals surface area contributed by atoms with Gasteiger partial charge in [-0.05, 0) is 17.7 Å². The van der Waals surface area contributed by atoms with Crippen molar-refractivity contribution >= 4 is 17.5 Å². The maximum Gasteiger partial charge on any atom is 0.239 e. The van der Waals surface area contributed by atoms with Crippen LogP contribution in [-0.4, -0.2) is 14.8 Å². The van der Waals surface area contributed by atoms with Gasteiger partial charge in [-0.1, -0.05) is 23.7 Å². The highest BCUT2D eigenvalue weighted by Crippen LogP contribution is 2.10. The summed E-state index contributed by atoms with van der Waals surface area (Å²) in [4.78, 5) is 3.83. The van der Waals surface area contributed by atoms with Crippen molar-refractivity contribution in [1.29, 1.82) is 0 Å². The quantitative estimate of drug-likeness (QED) is 0.815. The standard InChI is InChI=1S/C9H9ClN4/c10-8-3-1-7(2-4-8)5-14-6-12-9(11)13-14/h1-4,6H,5H2,(H2,11,13). The van der Waals surface area contributed by atoms with Crippen LogP contribution in [0.3, 0.4) is 0 Å². The highest BCUT2D eigenvalue weighted by atomic mass is 35.5. The second-order valence-corrected chi connectivity index (χ2v) is 3.36. The summed E-state index contributed by atoms with van der Waals surface area (Å²) in [6.07, 6.45) is 1.60. The molecule has 1 heterocycles. The van der Waals surface area contributed by atoms with Crippen LogP contribution in [0.15, 0.2) is 30.6 Å². The summed E-state index contributed by atoms with van der Waals surface area (Å²) in [5, 5.41) is 4.71. The van der Waals surface area contributed by atoms with Crippen LogP contribution >= 0.6 is 11.6 Å². The minimum atomic E-state index is 0.291. The summed E-state index contributed by atoms with van der Waals surface area (Å²) in [7, 11) is 0. The molecule has 4 nitrogen and oxygen atoms in total. The Kier molecular flexibility index (Phi) is 2.37. The molecule has 1 aromatic heterocycles. The van der Waals surface area contributed by atoms with Gasteiger partial charge in [0.1, 0.15) is 6.33 Å². The Hall–Kier alpha value is -1.55. The van der Waals surface area contributed by atoms with Crippen LogP contribution in [0.25, 0.3) is 0 Å². The number of benzene rings is 1. The largest absolute Gasteiger partial charge is 0.367 e. The molecule has 2 rings (SSSR count). The zero-order chi connectivity index (χ0) is 9.97. The number of nitrogens with zero attached hydrogens (tertiary/aromatic N) is 3. The van der Waals surface area contributed by atoms with Crippen LogP contribution in [-0.2, 0) is 6.54 Å². The van der Waals surface area contributed by atoms with Gasteiger partial charge in [0, 0.05) is 5.02 Å². The summed E-state index contributed by atoms with van der Waals surface area (Å²) < 4.78 is 1.68. The number of nitrogens with two attached hydrogens (primary N) is 1. The van der Waals surface area contributed by atoms with Crippen molar-refractivity contribution in [3.8, 4) is 0 Å². The van der Waals surface area contributed by atoms with Crippen LogP contribution < -0.4 is 5.73 Å². The van der Waals surface area contributed by atoms with Crippen LogP contribution in [0, 0.1) is 0 Å². The van der Waals surface area contributed by atoms with E-state index in [1.165, 1.54) is 0 Å². The van der Waals surface area contributed by atoms with E-state index in [2.05, 4.69) is 10.1 Å². The molecule has 5 heteroatoms. The highest BCUT2D eigenvalue weighted by molar-refractivity contribution is 6.30. The van der Waals surface area contributed by atoms with Crippen LogP contribution in [0.1, 0.15) is 5.56 Å². The van der Waals surface area contributed by atoms with E-state index in [9.17, 15) is 0 Å². The molecule has 14 heavy (non-hydrogen) atoms. The molecule has 0 bridgehead atoms. The van der Waals surface area contributed by atoms with E-state index in [0.29, 0.717) is 12.5 Å². The molecule has 0 aliphatic heterocycles. The maximum atomic E-state index is 5.76. The van der Waals surface area contributed by atoms with Crippen molar-refractivity contribution in [1.82, 2.24) is 14.8 Å². The van der Waals surface area contributed by atoms with E-state index in [1.807, 2.05) is 24.3 Å². The lowest BCUT2D eigenvalue weighted by Crippen LogP contribution is -2.00. The first-order valence-corrected chi connectivity index (χ1v) is 4.51. The first-order valence-electron chi connectivity index (χ1n) is 4.13. The van der Waals surface area contributed by atoms with Gasteiger partial charge in [-0.15, -0.1) is 5.10 Å². The van der Waals surface area contributed by atoms with Crippen molar-refractivity contribution in [2.45, 2.75) is 6.54 Å². The summed E-state index contributed by atoms with van der Waals surface area (Å²) >= 11 is 5.76. The average molecular weight is 209 g/mol. The van der Waals surface area contributed by atoms with Crippen molar-refractivity contribution in [2.24, 2.45) is 0 Å². The van der Waals surface area contributed by atoms with Crippen molar-refractivity contribution < 1.29 is 0 Å². The lowest BCUT2D eigenvalue weighted by Gasteiger charge is -2.00. The molecular formula is C9H9ClN4. The molecule has 2 N–H and O–H groups in total. The van der Waals surface area contributed by atoms with E-state index in [0.717, 1.165) is 10.6 Å². The smallest absolute Gasteiger partial charge is 0.239 e. The molecule has 0 saturated carbocycles. The second kappa shape index (κ2) is 3.67. The molecule has 0 aliphatic carbocycles. The fraction of sp³-hybridized carbons (Fsp3) is 0.111. The predicted molar refractivity (Wildman–Crippen MR) is 55.0 cm³/mol. The topological polar surface area (TPSA) is 56.7 Å². The zero-order valence-electron chi connectivity index (χ0n) is 7.39. The van der Waals surface area contributed by atoms with E-state index in [1.54, 1.807) is 11.0 Å². The summed E-state index contributed by atoms with van der Waals surface area (Å²) in [6, 6.07) is 7.58. The summed E-state index contributed by atoms with van der Waals surface area (Å²) in [6.45, 7) is 0.654. The lowest BCUT2D eigenvalue weighted by atomic mass is 10.2. The SMILES string of the molecule is Nc1ncn(Cc2ccc(Cl)cc2)n1. The van der Waals surface area contributed by atoms with Gasteiger partial charge in [0.25, 0.3) is 0 Å². The Morgan fingerprint density at radius 2 is 2.00 bits per heavy atom. The molecule has 0 radical (unpaired) electrons. The fourth-order valence-corrected chi connectivity index (χ4v) is 1.29. The Morgan fingerprint density at radius 1 is 1.29 bits per heavy atom. The van der Waals surface area contributed by atoms with Gasteiger partial charge in [-0.25, -0.2) is 9.67 Å². The Balaban J connectivity index is 2.15. The minimum absolute atomic E-state index is 0.291. The number of halogens is 1. The van der Waals surface area contributed by atoms with E-state index >= 15 is 0 Å². The zero-order valence-corrected chi connectivity index (χ0v) is 8.15. The van der Waals surface area contributed by atoms with Gasteiger partial charge in [0.15, 0.2) is 0 Å². The van der Waals surface area contributed by atoms with E-state index in [-0.39, 0.29) is 0 Å². The number of hydrogen-bond donors (Lipinski definition) is 1. The fourth-order valence-electron chi connectivity index (χ4n) is 1.16. The van der Waals surface area contributed by atoms with Crippen molar-refractivity contribution in [3.05, 3.63) is 41.2 Å². The minimum Gasteiger partial charge on any atom is -0.367 e. The highest BCUT2D eigenvalue weighted by Gasteiger charge is 1.97. The lowest BCUT2D eigenvalue weighted by molar-refractivity contribution is 0.687. The van der Waals surface area contributed by atoms with Gasteiger partial charge < -0.3 is 5.73 Å². The molecule has 0 amide bonds. The number of nitrogen functional groups attached to an aromatic ring is 1. The first kappa shape index (κ1) is 9.02. The molecule has 0 fully saturated rings. The first-order chi connectivity index (χ1) is 6.74. The van der Waals surface area contributed by atoms with Crippen LogP contribution in [0.4, 0.5) is 5.95 Å². The summed E-state index contributed by atoms with van der Waals surface area (Å²) in [5.74, 6) is 0.291. The second-order valence-electron chi connectivity index (χ2n) is 2.93. The Bertz CT molecular complexity index is 421. The van der Waals surface area contributed by atoms with Crippen LogP contribution in [0.5, 0.6) is 0 Å². The van der Waals surface area contributed by atoms with Gasteiger partial charge in [-0.2, -0.15) is 0 Å². The molecule has 72 valence electrons. The monoisotopic (exact) mass is 208 g/mol. The number of hydrogen-bond acceptors (Lipinski definition) is 3. The average Bonchev–Trinajstić information content (AvgIpc) is 2.56. The molecule has 0 atom stereocenters. The third kappa shape index (κ3) is 2.03. The number of anilines is 1. The Labute approximate surface area is 86.3 Å². The molecule has 0 saturated heterocycles.